The number of guanidine groups is 1. The van der Waals surface area contributed by atoms with Gasteiger partial charge in [-0.15, -0.1) is 24.0 Å². The molecule has 1 atom stereocenters. The third kappa shape index (κ3) is 8.23. The Morgan fingerprint density at radius 1 is 1.38 bits per heavy atom. The van der Waals surface area contributed by atoms with Crippen LogP contribution in [0.2, 0.25) is 0 Å². The molecule has 0 aromatic heterocycles. The van der Waals surface area contributed by atoms with Crippen molar-refractivity contribution in [3.8, 4) is 5.75 Å². The van der Waals surface area contributed by atoms with Crippen molar-refractivity contribution in [3.05, 3.63) is 29.6 Å². The van der Waals surface area contributed by atoms with Crippen molar-refractivity contribution in [2.75, 3.05) is 33.9 Å². The first-order chi connectivity index (χ1) is 13.5. The number of aliphatic imine (C=N–C) groups is 1. The monoisotopic (exact) mass is 522 g/mol. The molecule has 0 heterocycles. The first kappa shape index (κ1) is 25.3. The fourth-order valence-electron chi connectivity index (χ4n) is 2.95. The van der Waals surface area contributed by atoms with Crippen molar-refractivity contribution < 1.29 is 18.7 Å². The number of halogens is 2. The zero-order valence-electron chi connectivity index (χ0n) is 17.5. The number of benzene rings is 1. The lowest BCUT2D eigenvalue weighted by atomic mass is 10.2. The molecule has 1 aromatic carbocycles. The van der Waals surface area contributed by atoms with Crippen molar-refractivity contribution in [1.29, 1.82) is 0 Å². The summed E-state index contributed by atoms with van der Waals surface area (Å²) >= 11 is 0. The highest BCUT2D eigenvalue weighted by molar-refractivity contribution is 14.0. The molecule has 0 aliphatic heterocycles. The minimum atomic E-state index is -0.401. The number of nitrogens with zero attached hydrogens (tertiary/aromatic N) is 2. The van der Waals surface area contributed by atoms with Gasteiger partial charge in [0.15, 0.2) is 17.5 Å². The molecule has 0 bridgehead atoms. The van der Waals surface area contributed by atoms with Gasteiger partial charge in [-0.3, -0.25) is 4.99 Å². The Kier molecular flexibility index (Phi) is 11.1. The molecular formula is C20H32FIN4O3. The molecule has 1 unspecified atom stereocenters. The second-order valence-electron chi connectivity index (χ2n) is 6.83. The zero-order chi connectivity index (χ0) is 20.5. The first-order valence-corrected chi connectivity index (χ1v) is 9.73. The number of carbonyl (C=O) groups excluding carboxylic acids is 1. The maximum Gasteiger partial charge on any atom is 0.407 e. The molecule has 0 radical (unpaired) electrons. The topological polar surface area (TPSA) is 75.2 Å². The van der Waals surface area contributed by atoms with Crippen LogP contribution in [-0.2, 0) is 11.3 Å². The summed E-state index contributed by atoms with van der Waals surface area (Å²) < 4.78 is 23.9. The van der Waals surface area contributed by atoms with Crippen molar-refractivity contribution in [3.63, 3.8) is 0 Å². The first-order valence-electron chi connectivity index (χ1n) is 9.73. The second-order valence-corrected chi connectivity index (χ2v) is 6.83. The smallest absolute Gasteiger partial charge is 0.407 e. The molecule has 9 heteroatoms. The average molecular weight is 522 g/mol. The molecule has 0 saturated heterocycles. The number of ether oxygens (including phenoxy) is 2. The zero-order valence-corrected chi connectivity index (χ0v) is 19.9. The largest absolute Gasteiger partial charge is 0.494 e. The average Bonchev–Trinajstić information content (AvgIpc) is 3.49. The molecular weight excluding hydrogens is 490 g/mol. The van der Waals surface area contributed by atoms with Crippen LogP contribution in [0.1, 0.15) is 32.3 Å². The Hall–Kier alpha value is -1.78. The van der Waals surface area contributed by atoms with Crippen LogP contribution in [0.5, 0.6) is 5.75 Å². The minimum Gasteiger partial charge on any atom is -0.494 e. The van der Waals surface area contributed by atoms with E-state index < -0.39 is 6.09 Å². The Morgan fingerprint density at radius 2 is 2.10 bits per heavy atom. The van der Waals surface area contributed by atoms with E-state index >= 15 is 0 Å². The van der Waals surface area contributed by atoms with E-state index in [0.29, 0.717) is 38.1 Å². The fraction of sp³-hybridized carbons (Fsp3) is 0.600. The summed E-state index contributed by atoms with van der Waals surface area (Å²) in [5, 5.41) is 6.15. The number of amides is 1. The molecule has 1 fully saturated rings. The normalized spacial score (nSPS) is 14.4. The summed E-state index contributed by atoms with van der Waals surface area (Å²) in [5.41, 5.74) is 0.815. The van der Waals surface area contributed by atoms with Crippen molar-refractivity contribution in [1.82, 2.24) is 15.5 Å². The highest BCUT2D eigenvalue weighted by atomic mass is 127. The minimum absolute atomic E-state index is 0. The second kappa shape index (κ2) is 12.7. The van der Waals surface area contributed by atoms with Gasteiger partial charge in [0, 0.05) is 20.1 Å². The molecule has 2 rings (SSSR count). The summed E-state index contributed by atoms with van der Waals surface area (Å²) in [6.45, 7) is 5.78. The number of nitrogens with one attached hydrogen (secondary N) is 2. The quantitative estimate of drug-likeness (QED) is 0.296. The van der Waals surface area contributed by atoms with E-state index in [4.69, 9.17) is 9.47 Å². The summed E-state index contributed by atoms with van der Waals surface area (Å²) in [6, 6.07) is 4.88. The van der Waals surface area contributed by atoms with Gasteiger partial charge in [0.2, 0.25) is 0 Å². The van der Waals surface area contributed by atoms with Crippen molar-refractivity contribution in [2.24, 2.45) is 10.9 Å². The molecule has 1 saturated carbocycles. The lowest BCUT2D eigenvalue weighted by Crippen LogP contribution is -2.42. The summed E-state index contributed by atoms with van der Waals surface area (Å²) in [7, 11) is 3.34. The van der Waals surface area contributed by atoms with Gasteiger partial charge in [0.05, 0.1) is 26.3 Å². The third-order valence-electron chi connectivity index (χ3n) is 4.54. The maximum atomic E-state index is 13.9. The molecule has 1 amide bonds. The number of methoxy groups -OCH3 is 1. The van der Waals surface area contributed by atoms with Gasteiger partial charge < -0.3 is 25.0 Å². The van der Waals surface area contributed by atoms with Crippen molar-refractivity contribution >= 4 is 36.0 Å². The molecule has 1 aliphatic carbocycles. The maximum absolute atomic E-state index is 13.9. The lowest BCUT2D eigenvalue weighted by molar-refractivity contribution is 0.147. The Morgan fingerprint density at radius 3 is 2.66 bits per heavy atom. The van der Waals surface area contributed by atoms with Crippen LogP contribution in [0.3, 0.4) is 0 Å². The SMILES string of the molecule is CCNC(=NCC(NC(=O)OCC)C1CC1)N(C)Cc1ccc(OC)c(F)c1.I. The number of carbonyl (C=O) groups is 1. The highest BCUT2D eigenvalue weighted by Gasteiger charge is 2.32. The molecule has 1 aliphatic rings. The van der Waals surface area contributed by atoms with Crippen LogP contribution in [0.4, 0.5) is 9.18 Å². The van der Waals surface area contributed by atoms with Crippen LogP contribution in [0.15, 0.2) is 23.2 Å². The molecule has 1 aromatic rings. The number of hydrogen-bond donors (Lipinski definition) is 2. The predicted octanol–water partition coefficient (Wildman–Crippen LogP) is 3.37. The fourth-order valence-corrected chi connectivity index (χ4v) is 2.95. The summed E-state index contributed by atoms with van der Waals surface area (Å²) in [4.78, 5) is 18.4. The lowest BCUT2D eigenvalue weighted by Gasteiger charge is -2.23. The van der Waals surface area contributed by atoms with Crippen LogP contribution < -0.4 is 15.4 Å². The Labute approximate surface area is 189 Å². The number of alkyl carbamates (subject to hydrolysis) is 1. The Bertz CT molecular complexity index is 686. The number of hydrogen-bond acceptors (Lipinski definition) is 4. The van der Waals surface area contributed by atoms with Gasteiger partial charge in [0.25, 0.3) is 0 Å². The standard InChI is InChI=1S/C20H31FN4O3.HI/c1-5-22-19(23-12-17(15-8-9-15)24-20(26)28-6-2)25(3)13-14-7-10-18(27-4)16(21)11-14;/h7,10-11,15,17H,5-6,8-9,12-13H2,1-4H3,(H,22,23)(H,24,26);1H. The molecule has 2 N–H and O–H groups in total. The van der Waals surface area contributed by atoms with Gasteiger partial charge in [-0.25, -0.2) is 9.18 Å². The van der Waals surface area contributed by atoms with E-state index in [1.807, 2.05) is 24.9 Å². The van der Waals surface area contributed by atoms with Gasteiger partial charge in [-0.2, -0.15) is 0 Å². The Balaban J connectivity index is 0.00000420. The van der Waals surface area contributed by atoms with Gasteiger partial charge in [-0.05, 0) is 50.3 Å². The van der Waals surface area contributed by atoms with Crippen molar-refractivity contribution in [2.45, 2.75) is 39.3 Å². The van der Waals surface area contributed by atoms with Crippen LogP contribution in [0, 0.1) is 11.7 Å². The number of rotatable bonds is 9. The highest BCUT2D eigenvalue weighted by Crippen LogP contribution is 2.32. The van der Waals surface area contributed by atoms with E-state index in [9.17, 15) is 9.18 Å². The third-order valence-corrected chi connectivity index (χ3v) is 4.54. The van der Waals surface area contributed by atoms with E-state index in [1.165, 1.54) is 13.2 Å². The van der Waals surface area contributed by atoms with Gasteiger partial charge in [-0.1, -0.05) is 6.07 Å². The summed E-state index contributed by atoms with van der Waals surface area (Å²) in [5.74, 6) is 0.985. The van der Waals surface area contributed by atoms with E-state index in [-0.39, 0.29) is 41.6 Å². The van der Waals surface area contributed by atoms with Gasteiger partial charge in [0.1, 0.15) is 0 Å². The van der Waals surface area contributed by atoms with E-state index in [2.05, 4.69) is 15.6 Å². The van der Waals surface area contributed by atoms with Crippen LogP contribution in [0.25, 0.3) is 0 Å². The van der Waals surface area contributed by atoms with E-state index in [1.54, 1.807) is 13.0 Å². The summed E-state index contributed by atoms with van der Waals surface area (Å²) in [6.07, 6.45) is 1.77. The van der Waals surface area contributed by atoms with Gasteiger partial charge >= 0.3 is 6.09 Å². The molecule has 29 heavy (non-hydrogen) atoms. The molecule has 164 valence electrons. The molecule has 0 spiro atoms. The van der Waals surface area contributed by atoms with Crippen LogP contribution in [-0.4, -0.2) is 56.8 Å². The van der Waals surface area contributed by atoms with E-state index in [0.717, 1.165) is 18.4 Å². The van der Waals surface area contributed by atoms with Crippen LogP contribution >= 0.6 is 24.0 Å². The predicted molar refractivity (Wildman–Crippen MR) is 122 cm³/mol. The molecule has 7 nitrogen and oxygen atoms in total.